The second-order valence-electron chi connectivity index (χ2n) is 5.61. The van der Waals surface area contributed by atoms with Gasteiger partial charge < -0.3 is 14.7 Å². The normalized spacial score (nSPS) is 17.8. The standard InChI is InChI=1S/C17H20N2O3S2/c1-12(19-20)13-3-5-14(6-4-13)23-15-11-18-16(24-15)17(21-2)7-9-22-10-8-17/h3-6,11,20H,7-10H2,1-2H3. The van der Waals surface area contributed by atoms with Crippen LogP contribution in [0.15, 0.2) is 44.7 Å². The fourth-order valence-corrected chi connectivity index (χ4v) is 4.84. The van der Waals surface area contributed by atoms with Crippen LogP contribution in [0.4, 0.5) is 0 Å². The molecule has 0 radical (unpaired) electrons. The molecule has 0 atom stereocenters. The average molecular weight is 364 g/mol. The van der Waals surface area contributed by atoms with Gasteiger partial charge in [0, 0.05) is 38.1 Å². The molecule has 2 heterocycles. The second kappa shape index (κ2) is 7.65. The number of rotatable bonds is 5. The molecular formula is C17H20N2O3S2. The van der Waals surface area contributed by atoms with Crippen LogP contribution in [0.25, 0.3) is 0 Å². The lowest BCUT2D eigenvalue weighted by Crippen LogP contribution is -2.35. The zero-order chi connectivity index (χ0) is 17.0. The highest BCUT2D eigenvalue weighted by atomic mass is 32.2. The van der Waals surface area contributed by atoms with Crippen LogP contribution in [0.3, 0.4) is 0 Å². The molecule has 1 fully saturated rings. The Labute approximate surface area is 149 Å². The summed E-state index contributed by atoms with van der Waals surface area (Å²) >= 11 is 3.36. The summed E-state index contributed by atoms with van der Waals surface area (Å²) in [6.07, 6.45) is 3.60. The lowest BCUT2D eigenvalue weighted by molar-refractivity contribution is -0.0948. The average Bonchev–Trinajstić information content (AvgIpc) is 3.11. The van der Waals surface area contributed by atoms with Crippen LogP contribution in [-0.4, -0.2) is 36.2 Å². The summed E-state index contributed by atoms with van der Waals surface area (Å²) in [5, 5.41) is 13.1. The fourth-order valence-electron chi connectivity index (χ4n) is 2.66. The monoisotopic (exact) mass is 364 g/mol. The van der Waals surface area contributed by atoms with Gasteiger partial charge in [0.15, 0.2) is 0 Å². The lowest BCUT2D eigenvalue weighted by atomic mass is 9.95. The van der Waals surface area contributed by atoms with Gasteiger partial charge in [-0.3, -0.25) is 0 Å². The van der Waals surface area contributed by atoms with Crippen molar-refractivity contribution < 1.29 is 14.7 Å². The Kier molecular flexibility index (Phi) is 5.55. The highest BCUT2D eigenvalue weighted by Gasteiger charge is 2.37. The number of oxime groups is 1. The molecule has 2 aromatic rings. The minimum atomic E-state index is -0.305. The van der Waals surface area contributed by atoms with Gasteiger partial charge in [-0.15, -0.1) is 11.3 Å². The highest BCUT2D eigenvalue weighted by Crippen LogP contribution is 2.41. The van der Waals surface area contributed by atoms with Crippen molar-refractivity contribution in [1.82, 2.24) is 4.98 Å². The maximum Gasteiger partial charge on any atom is 0.126 e. The topological polar surface area (TPSA) is 63.9 Å². The van der Waals surface area contributed by atoms with Crippen molar-refractivity contribution in [3.05, 3.63) is 41.0 Å². The Morgan fingerprint density at radius 2 is 2.04 bits per heavy atom. The molecule has 1 aliphatic rings. The van der Waals surface area contributed by atoms with Gasteiger partial charge >= 0.3 is 0 Å². The van der Waals surface area contributed by atoms with Crippen LogP contribution in [-0.2, 0) is 15.1 Å². The summed E-state index contributed by atoms with van der Waals surface area (Å²) in [6.45, 7) is 3.20. The van der Waals surface area contributed by atoms with Crippen LogP contribution in [0.5, 0.6) is 0 Å². The number of hydrogen-bond acceptors (Lipinski definition) is 7. The Morgan fingerprint density at radius 3 is 2.67 bits per heavy atom. The smallest absolute Gasteiger partial charge is 0.126 e. The van der Waals surface area contributed by atoms with Crippen molar-refractivity contribution >= 4 is 28.8 Å². The van der Waals surface area contributed by atoms with Gasteiger partial charge in [-0.05, 0) is 24.6 Å². The van der Waals surface area contributed by atoms with Crippen molar-refractivity contribution in [3.63, 3.8) is 0 Å². The quantitative estimate of drug-likeness (QED) is 0.491. The molecule has 24 heavy (non-hydrogen) atoms. The predicted molar refractivity (Wildman–Crippen MR) is 95.4 cm³/mol. The van der Waals surface area contributed by atoms with Crippen LogP contribution >= 0.6 is 23.1 Å². The molecule has 0 amide bonds. The van der Waals surface area contributed by atoms with Crippen LogP contribution in [0.1, 0.15) is 30.3 Å². The number of ether oxygens (including phenoxy) is 2. The third kappa shape index (κ3) is 3.64. The molecular weight excluding hydrogens is 344 g/mol. The molecule has 1 N–H and O–H groups in total. The SMILES string of the molecule is COC1(c2ncc(Sc3ccc(C(C)=NO)cc3)s2)CCOCC1. The summed E-state index contributed by atoms with van der Waals surface area (Å²) in [4.78, 5) is 5.73. The summed E-state index contributed by atoms with van der Waals surface area (Å²) in [5.41, 5.74) is 1.21. The molecule has 3 rings (SSSR count). The summed E-state index contributed by atoms with van der Waals surface area (Å²) in [6, 6.07) is 7.95. The van der Waals surface area contributed by atoms with Crippen LogP contribution < -0.4 is 0 Å². The van der Waals surface area contributed by atoms with Gasteiger partial charge in [0.1, 0.15) is 10.6 Å². The molecule has 0 spiro atoms. The van der Waals surface area contributed by atoms with Crippen molar-refractivity contribution in [2.75, 3.05) is 20.3 Å². The molecule has 128 valence electrons. The van der Waals surface area contributed by atoms with E-state index in [9.17, 15) is 0 Å². The minimum Gasteiger partial charge on any atom is -0.411 e. The Hall–Kier alpha value is -1.41. The first-order valence-corrected chi connectivity index (χ1v) is 9.36. The van der Waals surface area contributed by atoms with Gasteiger partial charge in [-0.2, -0.15) is 0 Å². The number of methoxy groups -OCH3 is 1. The molecule has 1 saturated heterocycles. The Morgan fingerprint density at radius 1 is 1.33 bits per heavy atom. The van der Waals surface area contributed by atoms with E-state index in [-0.39, 0.29) is 5.60 Å². The largest absolute Gasteiger partial charge is 0.411 e. The van der Waals surface area contributed by atoms with E-state index in [1.807, 2.05) is 30.5 Å². The highest BCUT2D eigenvalue weighted by molar-refractivity contribution is 8.01. The maximum atomic E-state index is 8.82. The third-order valence-corrected chi connectivity index (χ3v) is 6.50. The van der Waals surface area contributed by atoms with Crippen LogP contribution in [0.2, 0.25) is 0 Å². The van der Waals surface area contributed by atoms with Crippen molar-refractivity contribution in [3.8, 4) is 0 Å². The number of aromatic nitrogens is 1. The van der Waals surface area contributed by atoms with E-state index >= 15 is 0 Å². The second-order valence-corrected chi connectivity index (χ2v) is 8.01. The fraction of sp³-hybridized carbons (Fsp3) is 0.412. The van der Waals surface area contributed by atoms with E-state index in [2.05, 4.69) is 10.1 Å². The molecule has 5 nitrogen and oxygen atoms in total. The summed E-state index contributed by atoms with van der Waals surface area (Å²) in [7, 11) is 1.75. The molecule has 0 aliphatic carbocycles. The number of benzene rings is 1. The molecule has 0 bridgehead atoms. The summed E-state index contributed by atoms with van der Waals surface area (Å²) < 4.78 is 12.4. The first-order valence-electron chi connectivity index (χ1n) is 7.73. The Balaban J connectivity index is 1.74. The van der Waals surface area contributed by atoms with E-state index in [1.54, 1.807) is 37.1 Å². The number of thiazole rings is 1. The first kappa shape index (κ1) is 17.4. The molecule has 1 aromatic carbocycles. The lowest BCUT2D eigenvalue weighted by Gasteiger charge is -2.33. The van der Waals surface area contributed by atoms with Gasteiger partial charge in [0.05, 0.1) is 16.1 Å². The molecule has 7 heteroatoms. The van der Waals surface area contributed by atoms with Gasteiger partial charge in [-0.25, -0.2) is 4.98 Å². The molecule has 0 unspecified atom stereocenters. The van der Waals surface area contributed by atoms with E-state index in [0.717, 1.165) is 32.5 Å². The van der Waals surface area contributed by atoms with E-state index < -0.39 is 0 Å². The van der Waals surface area contributed by atoms with Gasteiger partial charge in [0.2, 0.25) is 0 Å². The number of nitrogens with zero attached hydrogens (tertiary/aromatic N) is 2. The minimum absolute atomic E-state index is 0.305. The van der Waals surface area contributed by atoms with Crippen molar-refractivity contribution in [2.45, 2.75) is 34.5 Å². The van der Waals surface area contributed by atoms with E-state index in [4.69, 9.17) is 14.7 Å². The van der Waals surface area contributed by atoms with E-state index in [0.29, 0.717) is 18.9 Å². The third-order valence-electron chi connectivity index (χ3n) is 4.21. The van der Waals surface area contributed by atoms with Gasteiger partial charge in [0.25, 0.3) is 0 Å². The summed E-state index contributed by atoms with van der Waals surface area (Å²) in [5.74, 6) is 0. The predicted octanol–water partition coefficient (Wildman–Crippen LogP) is 4.14. The van der Waals surface area contributed by atoms with Crippen LogP contribution in [0, 0.1) is 0 Å². The zero-order valence-corrected chi connectivity index (χ0v) is 15.3. The zero-order valence-electron chi connectivity index (χ0n) is 13.7. The maximum absolute atomic E-state index is 8.82. The first-order chi connectivity index (χ1) is 11.7. The number of hydrogen-bond donors (Lipinski definition) is 1. The molecule has 1 aromatic heterocycles. The van der Waals surface area contributed by atoms with Crippen molar-refractivity contribution in [1.29, 1.82) is 0 Å². The van der Waals surface area contributed by atoms with Crippen molar-refractivity contribution in [2.24, 2.45) is 5.16 Å². The molecule has 1 aliphatic heterocycles. The van der Waals surface area contributed by atoms with Gasteiger partial charge in [-0.1, -0.05) is 29.1 Å². The van der Waals surface area contributed by atoms with E-state index in [1.165, 1.54) is 0 Å². The Bertz CT molecular complexity index is 707. The molecule has 0 saturated carbocycles.